The van der Waals surface area contributed by atoms with Crippen LogP contribution >= 0.6 is 0 Å². The number of rotatable bonds is 6. The van der Waals surface area contributed by atoms with E-state index < -0.39 is 0 Å². The molecule has 0 saturated carbocycles. The van der Waals surface area contributed by atoms with Crippen molar-refractivity contribution in [3.05, 3.63) is 72.0 Å². The van der Waals surface area contributed by atoms with Gasteiger partial charge in [0.05, 0.1) is 38.9 Å². The fourth-order valence-corrected chi connectivity index (χ4v) is 3.46. The molecule has 0 spiro atoms. The van der Waals surface area contributed by atoms with Crippen molar-refractivity contribution in [3.63, 3.8) is 0 Å². The quantitative estimate of drug-likeness (QED) is 0.467. The summed E-state index contributed by atoms with van der Waals surface area (Å²) < 4.78 is 32.8. The Morgan fingerprint density at radius 1 is 0.862 bits per heavy atom. The summed E-state index contributed by atoms with van der Waals surface area (Å²) in [6.45, 7) is 0.346. The van der Waals surface area contributed by atoms with E-state index in [2.05, 4.69) is 0 Å². The first-order valence-corrected chi connectivity index (χ1v) is 9.15. The minimum atomic E-state index is -0.249. The van der Waals surface area contributed by atoms with Gasteiger partial charge in [-0.25, -0.2) is 9.37 Å². The first kappa shape index (κ1) is 18.8. The topological polar surface area (TPSA) is 45.5 Å². The predicted molar refractivity (Wildman–Crippen MR) is 110 cm³/mol. The third-order valence-electron chi connectivity index (χ3n) is 4.86. The largest absolute Gasteiger partial charge is 0.493 e. The fourth-order valence-electron chi connectivity index (χ4n) is 3.46. The Bertz CT molecular complexity index is 1140. The first-order valence-electron chi connectivity index (χ1n) is 9.15. The molecule has 29 heavy (non-hydrogen) atoms. The van der Waals surface area contributed by atoms with E-state index in [0.29, 0.717) is 35.2 Å². The lowest BCUT2D eigenvalue weighted by Crippen LogP contribution is -2.05. The molecule has 0 N–H and O–H groups in total. The van der Waals surface area contributed by atoms with Crippen molar-refractivity contribution in [2.45, 2.75) is 6.54 Å². The average Bonchev–Trinajstić information content (AvgIpc) is 3.12. The van der Waals surface area contributed by atoms with Crippen molar-refractivity contribution in [1.82, 2.24) is 9.55 Å². The molecule has 0 aliphatic rings. The van der Waals surface area contributed by atoms with E-state index in [1.165, 1.54) is 6.07 Å². The molecule has 3 aromatic carbocycles. The van der Waals surface area contributed by atoms with E-state index in [1.54, 1.807) is 33.5 Å². The van der Waals surface area contributed by atoms with Gasteiger partial charge in [0, 0.05) is 11.1 Å². The minimum Gasteiger partial charge on any atom is -0.493 e. The number of hydrogen-bond donors (Lipinski definition) is 0. The highest BCUT2D eigenvalue weighted by Crippen LogP contribution is 2.41. The summed E-state index contributed by atoms with van der Waals surface area (Å²) in [4.78, 5) is 4.80. The molecule has 5 nitrogen and oxygen atoms in total. The maximum absolute atomic E-state index is 14.4. The molecule has 0 atom stereocenters. The van der Waals surface area contributed by atoms with Crippen LogP contribution in [0.3, 0.4) is 0 Å². The molecule has 0 saturated heterocycles. The normalized spacial score (nSPS) is 10.9. The number of para-hydroxylation sites is 2. The molecule has 0 bridgehead atoms. The van der Waals surface area contributed by atoms with Gasteiger partial charge in [-0.05, 0) is 30.3 Å². The van der Waals surface area contributed by atoms with Crippen LogP contribution in [0.4, 0.5) is 4.39 Å². The number of imidazole rings is 1. The zero-order valence-electron chi connectivity index (χ0n) is 16.5. The summed E-state index contributed by atoms with van der Waals surface area (Å²) in [5.41, 5.74) is 3.11. The van der Waals surface area contributed by atoms with Crippen LogP contribution in [0.2, 0.25) is 0 Å². The van der Waals surface area contributed by atoms with Gasteiger partial charge in [0.25, 0.3) is 0 Å². The Labute approximate surface area is 168 Å². The van der Waals surface area contributed by atoms with E-state index in [9.17, 15) is 4.39 Å². The number of halogens is 1. The Kier molecular flexibility index (Phi) is 5.08. The number of fused-ring (bicyclic) bond motifs is 1. The maximum atomic E-state index is 14.4. The van der Waals surface area contributed by atoms with Crippen molar-refractivity contribution in [3.8, 4) is 28.6 Å². The number of aromatic nitrogens is 2. The predicted octanol–water partition coefficient (Wildman–Crippen LogP) is 4.92. The van der Waals surface area contributed by atoms with Gasteiger partial charge >= 0.3 is 0 Å². The van der Waals surface area contributed by atoms with E-state index >= 15 is 0 Å². The van der Waals surface area contributed by atoms with Crippen LogP contribution in [0.5, 0.6) is 17.2 Å². The van der Waals surface area contributed by atoms with Crippen molar-refractivity contribution in [2.24, 2.45) is 0 Å². The number of methoxy groups -OCH3 is 3. The molecule has 148 valence electrons. The second-order valence-corrected chi connectivity index (χ2v) is 6.52. The molecular formula is C23H21FN2O3. The molecule has 6 heteroatoms. The number of benzene rings is 3. The summed E-state index contributed by atoms with van der Waals surface area (Å²) in [6, 6.07) is 18.3. The Balaban J connectivity index is 1.94. The molecule has 0 unspecified atom stereocenters. The van der Waals surface area contributed by atoms with Crippen LogP contribution in [-0.2, 0) is 6.54 Å². The van der Waals surface area contributed by atoms with Gasteiger partial charge in [-0.1, -0.05) is 30.3 Å². The van der Waals surface area contributed by atoms with Gasteiger partial charge in [-0.3, -0.25) is 0 Å². The first-order chi connectivity index (χ1) is 14.2. The van der Waals surface area contributed by atoms with Gasteiger partial charge in [-0.15, -0.1) is 0 Å². The monoisotopic (exact) mass is 392 g/mol. The zero-order valence-corrected chi connectivity index (χ0v) is 16.5. The molecule has 0 aliphatic heterocycles. The van der Waals surface area contributed by atoms with Crippen LogP contribution in [0, 0.1) is 5.82 Å². The van der Waals surface area contributed by atoms with E-state index in [0.717, 1.165) is 16.6 Å². The molecule has 1 aromatic heterocycles. The number of nitrogens with zero attached hydrogens (tertiary/aromatic N) is 2. The zero-order chi connectivity index (χ0) is 20.4. The molecular weight excluding hydrogens is 371 g/mol. The summed E-state index contributed by atoms with van der Waals surface area (Å²) >= 11 is 0. The van der Waals surface area contributed by atoms with E-state index in [1.807, 2.05) is 47.0 Å². The van der Waals surface area contributed by atoms with E-state index in [-0.39, 0.29) is 5.82 Å². The lowest BCUT2D eigenvalue weighted by Gasteiger charge is -2.15. The lowest BCUT2D eigenvalue weighted by molar-refractivity contribution is 0.324. The van der Waals surface area contributed by atoms with Crippen molar-refractivity contribution < 1.29 is 18.6 Å². The van der Waals surface area contributed by atoms with Crippen LogP contribution in [0.15, 0.2) is 60.7 Å². The standard InChI is InChI=1S/C23H21FN2O3/c1-27-20-12-16(13-21(28-2)22(20)29-3)23-25-18-10-6-7-11-19(18)26(23)14-15-8-4-5-9-17(15)24/h4-13H,14H2,1-3H3. The summed E-state index contributed by atoms with van der Waals surface area (Å²) in [5.74, 6) is 2.02. The number of hydrogen-bond acceptors (Lipinski definition) is 4. The molecule has 4 rings (SSSR count). The SMILES string of the molecule is COc1cc(-c2nc3ccccc3n2Cc2ccccc2F)cc(OC)c1OC. The fraction of sp³-hybridized carbons (Fsp3) is 0.174. The smallest absolute Gasteiger partial charge is 0.203 e. The second-order valence-electron chi connectivity index (χ2n) is 6.52. The van der Waals surface area contributed by atoms with Gasteiger partial charge in [0.2, 0.25) is 5.75 Å². The third-order valence-corrected chi connectivity index (χ3v) is 4.86. The Morgan fingerprint density at radius 2 is 1.52 bits per heavy atom. The molecule has 0 aliphatic carbocycles. The van der Waals surface area contributed by atoms with Crippen molar-refractivity contribution in [2.75, 3.05) is 21.3 Å². The molecule has 0 amide bonds. The minimum absolute atomic E-state index is 0.249. The highest BCUT2D eigenvalue weighted by Gasteiger charge is 2.19. The Morgan fingerprint density at radius 3 is 2.17 bits per heavy atom. The summed E-state index contributed by atoms with van der Waals surface area (Å²) in [5, 5.41) is 0. The summed E-state index contributed by atoms with van der Waals surface area (Å²) in [7, 11) is 4.71. The second kappa shape index (κ2) is 7.83. The molecule has 4 aromatic rings. The molecule has 0 fully saturated rings. The summed E-state index contributed by atoms with van der Waals surface area (Å²) in [6.07, 6.45) is 0. The van der Waals surface area contributed by atoms with Gasteiger partial charge in [0.1, 0.15) is 11.6 Å². The maximum Gasteiger partial charge on any atom is 0.203 e. The third kappa shape index (κ3) is 3.38. The van der Waals surface area contributed by atoms with Crippen LogP contribution in [-0.4, -0.2) is 30.9 Å². The lowest BCUT2D eigenvalue weighted by atomic mass is 10.1. The van der Waals surface area contributed by atoms with Crippen molar-refractivity contribution >= 4 is 11.0 Å². The van der Waals surface area contributed by atoms with E-state index in [4.69, 9.17) is 19.2 Å². The molecule has 0 radical (unpaired) electrons. The average molecular weight is 392 g/mol. The van der Waals surface area contributed by atoms with Crippen molar-refractivity contribution in [1.29, 1.82) is 0 Å². The van der Waals surface area contributed by atoms with Gasteiger partial charge in [0.15, 0.2) is 11.5 Å². The van der Waals surface area contributed by atoms with Gasteiger partial charge < -0.3 is 18.8 Å². The number of ether oxygens (including phenoxy) is 3. The highest BCUT2D eigenvalue weighted by atomic mass is 19.1. The van der Waals surface area contributed by atoms with Crippen LogP contribution in [0.25, 0.3) is 22.4 Å². The Hall–Kier alpha value is -3.54. The van der Waals surface area contributed by atoms with Gasteiger partial charge in [-0.2, -0.15) is 0 Å². The van der Waals surface area contributed by atoms with Crippen LogP contribution in [0.1, 0.15) is 5.56 Å². The molecule has 1 heterocycles. The highest BCUT2D eigenvalue weighted by molar-refractivity contribution is 5.81. The van der Waals surface area contributed by atoms with Crippen LogP contribution < -0.4 is 14.2 Å².